The first-order valence-corrected chi connectivity index (χ1v) is 9.08. The van der Waals surface area contributed by atoms with E-state index in [-0.39, 0.29) is 29.3 Å². The van der Waals surface area contributed by atoms with Gasteiger partial charge in [-0.15, -0.1) is 0 Å². The topological polar surface area (TPSA) is 80.6 Å². The normalized spacial score (nSPS) is 16.2. The third-order valence-electron chi connectivity index (χ3n) is 4.91. The molecule has 148 valence electrons. The number of fused-ring (bicyclic) bond motifs is 1. The number of likely N-dealkylation sites (tertiary alicyclic amines) is 1. The molecule has 2 heterocycles. The molecule has 0 radical (unpaired) electrons. The molecule has 1 aromatic carbocycles. The fourth-order valence-electron chi connectivity index (χ4n) is 3.63. The number of aryl methyl sites for hydroxylation is 1. The summed E-state index contributed by atoms with van der Waals surface area (Å²) in [7, 11) is 1.60. The number of hydrogen-bond donors (Lipinski definition) is 1. The predicted octanol–water partition coefficient (Wildman–Crippen LogP) is 2.61. The highest BCUT2D eigenvalue weighted by Crippen LogP contribution is 2.34. The van der Waals surface area contributed by atoms with Gasteiger partial charge in [0.25, 0.3) is 0 Å². The van der Waals surface area contributed by atoms with Crippen molar-refractivity contribution in [3.63, 3.8) is 0 Å². The number of esters is 1. The molecule has 1 atom stereocenters. The van der Waals surface area contributed by atoms with Crippen molar-refractivity contribution in [2.45, 2.75) is 25.8 Å². The van der Waals surface area contributed by atoms with Crippen LogP contribution in [0.3, 0.4) is 0 Å². The summed E-state index contributed by atoms with van der Waals surface area (Å²) in [6.45, 7) is 5.70. The third kappa shape index (κ3) is 3.26. The van der Waals surface area contributed by atoms with Gasteiger partial charge in [-0.1, -0.05) is 12.6 Å². The number of ether oxygens (including phenoxy) is 1. The average Bonchev–Trinajstić information content (AvgIpc) is 3.26. The van der Waals surface area contributed by atoms with Gasteiger partial charge in [0, 0.05) is 13.6 Å². The van der Waals surface area contributed by atoms with Gasteiger partial charge in [-0.2, -0.15) is 0 Å². The molecule has 0 saturated carbocycles. The van der Waals surface area contributed by atoms with Gasteiger partial charge in [0.2, 0.25) is 11.8 Å². The quantitative estimate of drug-likeness (QED) is 0.632. The van der Waals surface area contributed by atoms with Gasteiger partial charge in [0.05, 0.1) is 23.2 Å². The number of rotatable bonds is 5. The van der Waals surface area contributed by atoms with Crippen LogP contribution in [0.25, 0.3) is 10.9 Å². The van der Waals surface area contributed by atoms with E-state index in [1.165, 1.54) is 21.6 Å². The SMILES string of the molecule is C=CC(=O)N1CCCC1C(=O)Nc1c(C(=O)OCC)n(C)c2cccc(F)c12. The minimum absolute atomic E-state index is 0.0508. The van der Waals surface area contributed by atoms with Crippen LogP contribution < -0.4 is 5.32 Å². The highest BCUT2D eigenvalue weighted by molar-refractivity contribution is 6.13. The molecule has 1 aromatic heterocycles. The van der Waals surface area contributed by atoms with Crippen molar-refractivity contribution in [3.05, 3.63) is 42.4 Å². The maximum Gasteiger partial charge on any atom is 0.357 e. The zero-order valence-electron chi connectivity index (χ0n) is 15.8. The van der Waals surface area contributed by atoms with Crippen molar-refractivity contribution in [2.75, 3.05) is 18.5 Å². The fourth-order valence-corrected chi connectivity index (χ4v) is 3.63. The highest BCUT2D eigenvalue weighted by Gasteiger charge is 2.35. The number of hydrogen-bond acceptors (Lipinski definition) is 4. The zero-order valence-corrected chi connectivity index (χ0v) is 15.8. The number of anilines is 1. The number of nitrogens with zero attached hydrogens (tertiary/aromatic N) is 2. The first-order valence-electron chi connectivity index (χ1n) is 9.08. The van der Waals surface area contributed by atoms with Crippen LogP contribution in [0.5, 0.6) is 0 Å². The number of halogens is 1. The molecule has 3 rings (SSSR count). The molecule has 1 aliphatic heterocycles. The summed E-state index contributed by atoms with van der Waals surface area (Å²) in [5.74, 6) is -2.05. The van der Waals surface area contributed by atoms with Gasteiger partial charge < -0.3 is 19.5 Å². The summed E-state index contributed by atoms with van der Waals surface area (Å²) in [5, 5.41) is 2.80. The Kier molecular flexibility index (Phi) is 5.48. The standard InChI is InChI=1S/C20H22FN3O4/c1-4-15(25)24-11-7-10-14(24)19(26)22-17-16-12(21)8-6-9-13(16)23(3)18(17)20(27)28-5-2/h4,6,8-9,14H,1,5,7,10-11H2,2-3H3,(H,22,26). The van der Waals surface area contributed by atoms with E-state index >= 15 is 0 Å². The lowest BCUT2D eigenvalue weighted by atomic mass is 10.1. The van der Waals surface area contributed by atoms with Gasteiger partial charge in [-0.05, 0) is 38.0 Å². The summed E-state index contributed by atoms with van der Waals surface area (Å²) in [6, 6.07) is 3.73. The molecule has 0 aliphatic carbocycles. The van der Waals surface area contributed by atoms with E-state index in [2.05, 4.69) is 11.9 Å². The van der Waals surface area contributed by atoms with E-state index in [4.69, 9.17) is 4.74 Å². The van der Waals surface area contributed by atoms with Crippen LogP contribution in [0.1, 0.15) is 30.3 Å². The monoisotopic (exact) mass is 387 g/mol. The molecular weight excluding hydrogens is 365 g/mol. The average molecular weight is 387 g/mol. The van der Waals surface area contributed by atoms with E-state index in [1.54, 1.807) is 20.0 Å². The maximum absolute atomic E-state index is 14.6. The lowest BCUT2D eigenvalue weighted by Gasteiger charge is -2.22. The number of benzene rings is 1. The van der Waals surface area contributed by atoms with Crippen molar-refractivity contribution in [1.82, 2.24) is 9.47 Å². The minimum Gasteiger partial charge on any atom is -0.461 e. The second-order valence-electron chi connectivity index (χ2n) is 6.52. The Morgan fingerprint density at radius 1 is 1.39 bits per heavy atom. The van der Waals surface area contributed by atoms with Crippen LogP contribution >= 0.6 is 0 Å². The molecule has 7 nitrogen and oxygen atoms in total. The number of aromatic nitrogens is 1. The van der Waals surface area contributed by atoms with Crippen LogP contribution in [0.4, 0.5) is 10.1 Å². The number of carbonyl (C=O) groups excluding carboxylic acids is 3. The zero-order chi connectivity index (χ0) is 20.4. The van der Waals surface area contributed by atoms with Gasteiger partial charge in [-0.3, -0.25) is 9.59 Å². The Balaban J connectivity index is 2.05. The van der Waals surface area contributed by atoms with Crippen molar-refractivity contribution in [2.24, 2.45) is 7.05 Å². The van der Waals surface area contributed by atoms with Crippen LogP contribution in [0.15, 0.2) is 30.9 Å². The first kappa shape index (κ1) is 19.6. The number of amides is 2. The molecule has 0 bridgehead atoms. The van der Waals surface area contributed by atoms with Crippen molar-refractivity contribution >= 4 is 34.4 Å². The number of carbonyl (C=O) groups is 3. The summed E-state index contributed by atoms with van der Waals surface area (Å²) < 4.78 is 21.2. The molecule has 2 aromatic rings. The Morgan fingerprint density at radius 3 is 2.82 bits per heavy atom. The van der Waals surface area contributed by atoms with Gasteiger partial charge in [0.1, 0.15) is 11.9 Å². The summed E-state index contributed by atoms with van der Waals surface area (Å²) in [6.07, 6.45) is 2.31. The molecule has 1 saturated heterocycles. The van der Waals surface area contributed by atoms with Crippen molar-refractivity contribution < 1.29 is 23.5 Å². The van der Waals surface area contributed by atoms with E-state index in [9.17, 15) is 18.8 Å². The van der Waals surface area contributed by atoms with Crippen LogP contribution in [0, 0.1) is 5.82 Å². The molecule has 1 N–H and O–H groups in total. The van der Waals surface area contributed by atoms with Gasteiger partial charge >= 0.3 is 5.97 Å². The molecule has 1 aliphatic rings. The second-order valence-corrected chi connectivity index (χ2v) is 6.52. The Hall–Kier alpha value is -3.16. The molecule has 0 spiro atoms. The van der Waals surface area contributed by atoms with Crippen molar-refractivity contribution in [1.29, 1.82) is 0 Å². The Morgan fingerprint density at radius 2 is 2.14 bits per heavy atom. The molecule has 1 unspecified atom stereocenters. The summed E-state index contributed by atoms with van der Waals surface area (Å²) >= 11 is 0. The van der Waals surface area contributed by atoms with E-state index < -0.39 is 23.7 Å². The van der Waals surface area contributed by atoms with E-state index in [0.717, 1.165) is 6.08 Å². The first-order chi connectivity index (χ1) is 13.4. The molecule has 8 heteroatoms. The molecule has 1 fully saturated rings. The maximum atomic E-state index is 14.6. The van der Waals surface area contributed by atoms with Crippen LogP contribution in [0.2, 0.25) is 0 Å². The molecule has 2 amide bonds. The summed E-state index contributed by atoms with van der Waals surface area (Å²) in [4.78, 5) is 38.8. The van der Waals surface area contributed by atoms with Gasteiger partial charge in [-0.25, -0.2) is 9.18 Å². The Labute approximate surface area is 161 Å². The third-order valence-corrected chi connectivity index (χ3v) is 4.91. The minimum atomic E-state index is -0.706. The molecule has 28 heavy (non-hydrogen) atoms. The number of nitrogens with one attached hydrogen (secondary N) is 1. The second kappa shape index (κ2) is 7.84. The lowest BCUT2D eigenvalue weighted by molar-refractivity contribution is -0.132. The van der Waals surface area contributed by atoms with Crippen LogP contribution in [-0.2, 0) is 21.4 Å². The summed E-state index contributed by atoms with van der Waals surface area (Å²) in [5.41, 5.74) is 0.552. The van der Waals surface area contributed by atoms with E-state index in [1.807, 2.05) is 0 Å². The van der Waals surface area contributed by atoms with E-state index in [0.29, 0.717) is 24.9 Å². The Bertz CT molecular complexity index is 966. The predicted molar refractivity (Wildman–Crippen MR) is 102 cm³/mol. The highest BCUT2D eigenvalue weighted by atomic mass is 19.1. The fraction of sp³-hybridized carbons (Fsp3) is 0.350. The molecular formula is C20H22FN3O4. The van der Waals surface area contributed by atoms with Gasteiger partial charge in [0.15, 0.2) is 5.69 Å². The van der Waals surface area contributed by atoms with Crippen molar-refractivity contribution in [3.8, 4) is 0 Å². The smallest absolute Gasteiger partial charge is 0.357 e. The largest absolute Gasteiger partial charge is 0.461 e. The van der Waals surface area contributed by atoms with Crippen LogP contribution in [-0.4, -0.2) is 46.4 Å². The lowest BCUT2D eigenvalue weighted by Crippen LogP contribution is -2.42.